The first-order chi connectivity index (χ1) is 6.86. The fourth-order valence-corrected chi connectivity index (χ4v) is 1.66. The van der Waals surface area contributed by atoms with E-state index in [0.717, 1.165) is 11.3 Å². The first-order valence-corrected chi connectivity index (χ1v) is 4.32. The van der Waals surface area contributed by atoms with Gasteiger partial charge < -0.3 is 9.47 Å². The molecule has 0 amide bonds. The van der Waals surface area contributed by atoms with Crippen LogP contribution in [0.3, 0.4) is 0 Å². The van der Waals surface area contributed by atoms with Gasteiger partial charge in [0.05, 0.1) is 11.1 Å². The molecule has 2 aliphatic heterocycles. The second-order valence-electron chi connectivity index (χ2n) is 3.15. The van der Waals surface area contributed by atoms with E-state index in [0.29, 0.717) is 18.0 Å². The highest BCUT2D eigenvalue weighted by Crippen LogP contribution is 2.35. The van der Waals surface area contributed by atoms with Crippen molar-refractivity contribution in [1.82, 2.24) is 0 Å². The number of hydrogen-bond acceptors (Lipinski definition) is 4. The van der Waals surface area contributed by atoms with Crippen LogP contribution >= 0.6 is 0 Å². The van der Waals surface area contributed by atoms with Crippen LogP contribution in [0.15, 0.2) is 17.1 Å². The highest BCUT2D eigenvalue weighted by molar-refractivity contribution is 6.06. The number of carbonyl (C=O) groups is 1. The molecular weight excluding hydrogens is 182 g/mol. The fraction of sp³-hybridized carbons (Fsp3) is 0.200. The third kappa shape index (κ3) is 0.878. The molecule has 70 valence electrons. The Balaban J connectivity index is 2.27. The maximum absolute atomic E-state index is 11.3. The standard InChI is InChI=1S/C10H7NO3/c12-8-4-13-10-6(8)1-2-9-7(10)3-11-5-14-9/h1-3H,4-5H2. The molecule has 1 aromatic rings. The Hall–Kier alpha value is -1.84. The molecule has 0 N–H and O–H groups in total. The van der Waals surface area contributed by atoms with Gasteiger partial charge in [0.25, 0.3) is 0 Å². The lowest BCUT2D eigenvalue weighted by molar-refractivity contribution is 0.0961. The highest BCUT2D eigenvalue weighted by atomic mass is 16.5. The Labute approximate surface area is 80.2 Å². The van der Waals surface area contributed by atoms with Crippen LogP contribution in [0.1, 0.15) is 15.9 Å². The van der Waals surface area contributed by atoms with Crippen molar-refractivity contribution in [3.63, 3.8) is 0 Å². The Morgan fingerprint density at radius 1 is 1.29 bits per heavy atom. The summed E-state index contributed by atoms with van der Waals surface area (Å²) in [5.41, 5.74) is 1.40. The van der Waals surface area contributed by atoms with Crippen molar-refractivity contribution in [3.8, 4) is 11.5 Å². The van der Waals surface area contributed by atoms with E-state index in [1.807, 2.05) is 0 Å². The zero-order chi connectivity index (χ0) is 9.54. The van der Waals surface area contributed by atoms with Crippen LogP contribution in [0.2, 0.25) is 0 Å². The molecule has 0 saturated carbocycles. The molecule has 14 heavy (non-hydrogen) atoms. The van der Waals surface area contributed by atoms with Crippen molar-refractivity contribution in [1.29, 1.82) is 0 Å². The van der Waals surface area contributed by atoms with Crippen molar-refractivity contribution in [2.75, 3.05) is 13.3 Å². The Kier molecular flexibility index (Phi) is 1.39. The first kappa shape index (κ1) is 7.55. The molecule has 4 nitrogen and oxygen atoms in total. The maximum atomic E-state index is 11.3. The van der Waals surface area contributed by atoms with Gasteiger partial charge in [0.1, 0.15) is 11.5 Å². The average Bonchev–Trinajstić information content (AvgIpc) is 2.61. The number of ketones is 1. The number of hydrogen-bond donors (Lipinski definition) is 0. The summed E-state index contributed by atoms with van der Waals surface area (Å²) in [6, 6.07) is 3.52. The molecule has 1 aromatic carbocycles. The van der Waals surface area contributed by atoms with Gasteiger partial charge >= 0.3 is 0 Å². The molecule has 0 atom stereocenters. The van der Waals surface area contributed by atoms with E-state index >= 15 is 0 Å². The number of ether oxygens (including phenoxy) is 2. The SMILES string of the molecule is O=C1COc2c1ccc1c2C=NCO1. The van der Waals surface area contributed by atoms with E-state index in [1.165, 1.54) is 0 Å². The lowest BCUT2D eigenvalue weighted by Gasteiger charge is -2.13. The Bertz CT molecular complexity index is 451. The van der Waals surface area contributed by atoms with Crippen LogP contribution in [-0.4, -0.2) is 25.3 Å². The quantitative estimate of drug-likeness (QED) is 0.612. The molecule has 0 spiro atoms. The summed E-state index contributed by atoms with van der Waals surface area (Å²) in [6.07, 6.45) is 1.69. The minimum Gasteiger partial charge on any atom is -0.484 e. The predicted molar refractivity (Wildman–Crippen MR) is 49.4 cm³/mol. The van der Waals surface area contributed by atoms with Gasteiger partial charge in [-0.2, -0.15) is 0 Å². The van der Waals surface area contributed by atoms with Crippen molar-refractivity contribution < 1.29 is 14.3 Å². The highest BCUT2D eigenvalue weighted by Gasteiger charge is 2.26. The van der Waals surface area contributed by atoms with E-state index in [1.54, 1.807) is 18.3 Å². The largest absolute Gasteiger partial charge is 0.484 e. The van der Waals surface area contributed by atoms with Crippen molar-refractivity contribution in [3.05, 3.63) is 23.3 Å². The molecular formula is C10H7NO3. The average molecular weight is 189 g/mol. The van der Waals surface area contributed by atoms with Gasteiger partial charge in [0.2, 0.25) is 5.78 Å². The normalized spacial score (nSPS) is 17.0. The van der Waals surface area contributed by atoms with Gasteiger partial charge in [-0.05, 0) is 12.1 Å². The van der Waals surface area contributed by atoms with Crippen LogP contribution in [0, 0.1) is 0 Å². The second-order valence-corrected chi connectivity index (χ2v) is 3.15. The zero-order valence-electron chi connectivity index (χ0n) is 7.32. The fourth-order valence-electron chi connectivity index (χ4n) is 1.66. The number of benzene rings is 1. The van der Waals surface area contributed by atoms with Crippen molar-refractivity contribution in [2.24, 2.45) is 4.99 Å². The maximum Gasteiger partial charge on any atom is 0.203 e. The number of carbonyl (C=O) groups excluding carboxylic acids is 1. The third-order valence-corrected chi connectivity index (χ3v) is 2.32. The monoisotopic (exact) mass is 189 g/mol. The van der Waals surface area contributed by atoms with E-state index in [9.17, 15) is 4.79 Å². The lowest BCUT2D eigenvalue weighted by Crippen LogP contribution is -2.05. The van der Waals surface area contributed by atoms with Crippen LogP contribution in [-0.2, 0) is 0 Å². The minimum atomic E-state index is 0.0155. The second kappa shape index (κ2) is 2.57. The molecule has 0 saturated heterocycles. The summed E-state index contributed by atoms with van der Waals surface area (Å²) in [5, 5.41) is 0. The molecule has 0 unspecified atom stereocenters. The van der Waals surface area contributed by atoms with Gasteiger partial charge in [-0.3, -0.25) is 9.79 Å². The van der Waals surface area contributed by atoms with Gasteiger partial charge in [-0.1, -0.05) is 0 Å². The van der Waals surface area contributed by atoms with E-state index in [2.05, 4.69) is 4.99 Å². The van der Waals surface area contributed by atoms with Gasteiger partial charge in [-0.15, -0.1) is 0 Å². The van der Waals surface area contributed by atoms with Crippen LogP contribution in [0.4, 0.5) is 0 Å². The molecule has 3 rings (SSSR count). The molecule has 0 aliphatic carbocycles. The van der Waals surface area contributed by atoms with E-state index < -0.39 is 0 Å². The number of fused-ring (bicyclic) bond motifs is 3. The summed E-state index contributed by atoms with van der Waals surface area (Å²) < 4.78 is 10.6. The molecule has 0 aromatic heterocycles. The molecule has 4 heteroatoms. The van der Waals surface area contributed by atoms with Gasteiger partial charge in [-0.25, -0.2) is 0 Å². The minimum absolute atomic E-state index is 0.0155. The zero-order valence-corrected chi connectivity index (χ0v) is 7.32. The number of nitrogens with zero attached hydrogens (tertiary/aromatic N) is 1. The van der Waals surface area contributed by atoms with Crippen LogP contribution < -0.4 is 9.47 Å². The summed E-state index contributed by atoms with van der Waals surface area (Å²) >= 11 is 0. The van der Waals surface area contributed by atoms with E-state index in [-0.39, 0.29) is 12.4 Å². The topological polar surface area (TPSA) is 47.9 Å². The summed E-state index contributed by atoms with van der Waals surface area (Å²) in [6.45, 7) is 0.458. The van der Waals surface area contributed by atoms with Gasteiger partial charge in [0.15, 0.2) is 13.3 Å². The summed E-state index contributed by atoms with van der Waals surface area (Å²) in [5.74, 6) is 1.35. The molecule has 0 fully saturated rings. The Morgan fingerprint density at radius 2 is 2.21 bits per heavy atom. The lowest BCUT2D eigenvalue weighted by atomic mass is 10.1. The number of Topliss-reactive ketones (excluding diaryl/α,β-unsaturated/α-hetero) is 1. The van der Waals surface area contributed by atoms with Gasteiger partial charge in [0, 0.05) is 6.21 Å². The van der Waals surface area contributed by atoms with Crippen LogP contribution in [0.25, 0.3) is 0 Å². The smallest absolute Gasteiger partial charge is 0.203 e. The molecule has 2 aliphatic rings. The van der Waals surface area contributed by atoms with E-state index in [4.69, 9.17) is 9.47 Å². The van der Waals surface area contributed by atoms with Crippen molar-refractivity contribution in [2.45, 2.75) is 0 Å². The predicted octanol–water partition coefficient (Wildman–Crippen LogP) is 1.03. The van der Waals surface area contributed by atoms with Crippen LogP contribution in [0.5, 0.6) is 11.5 Å². The molecule has 2 heterocycles. The number of rotatable bonds is 0. The first-order valence-electron chi connectivity index (χ1n) is 4.32. The van der Waals surface area contributed by atoms with Crippen molar-refractivity contribution >= 4 is 12.0 Å². The molecule has 0 bridgehead atoms. The summed E-state index contributed by atoms with van der Waals surface area (Å²) in [4.78, 5) is 15.3. The number of aliphatic imine (C=N–C) groups is 1. The Morgan fingerprint density at radius 3 is 3.14 bits per heavy atom. The summed E-state index contributed by atoms with van der Waals surface area (Å²) in [7, 11) is 0. The third-order valence-electron chi connectivity index (χ3n) is 2.32. The molecule has 0 radical (unpaired) electrons.